The van der Waals surface area contributed by atoms with Crippen molar-refractivity contribution in [2.24, 2.45) is 17.3 Å². The fourth-order valence-electron chi connectivity index (χ4n) is 4.18. The molecule has 3 rings (SSSR count). The van der Waals surface area contributed by atoms with Crippen LogP contribution in [-0.4, -0.2) is 22.6 Å². The molecule has 2 aliphatic carbocycles. The number of fused-ring (bicyclic) bond motifs is 1. The maximum atomic E-state index is 12.1. The highest BCUT2D eigenvalue weighted by Crippen LogP contribution is 2.66. The number of rotatable bonds is 2. The summed E-state index contributed by atoms with van der Waals surface area (Å²) in [5, 5.41) is 10.9. The molecule has 5 atom stereocenters. The fourth-order valence-corrected chi connectivity index (χ4v) is 4.18. The number of aliphatic hydroxyl groups is 1. The van der Waals surface area contributed by atoms with Crippen molar-refractivity contribution < 1.29 is 14.6 Å². The Balaban J connectivity index is 1.97. The highest BCUT2D eigenvalue weighted by Gasteiger charge is 2.74. The minimum Gasteiger partial charge on any atom is -0.490 e. The van der Waals surface area contributed by atoms with Gasteiger partial charge in [0.15, 0.2) is 0 Å². The molecule has 0 spiro atoms. The van der Waals surface area contributed by atoms with Crippen LogP contribution in [0.15, 0.2) is 24.5 Å². The number of hydrogen-bond acceptors (Lipinski definition) is 3. The Hall–Kier alpha value is -1.09. The summed E-state index contributed by atoms with van der Waals surface area (Å²) in [7, 11) is 0. The number of Topliss-reactive ketones (excluding diaryl/α,β-unsaturated/α-hetero) is 1. The fraction of sp³-hybridized carbons (Fsp3) is 0.688. The van der Waals surface area contributed by atoms with Gasteiger partial charge >= 0.3 is 0 Å². The normalized spacial score (nSPS) is 46.5. The van der Waals surface area contributed by atoms with Crippen LogP contribution in [0.5, 0.6) is 0 Å². The van der Waals surface area contributed by atoms with Gasteiger partial charge in [-0.2, -0.15) is 0 Å². The van der Waals surface area contributed by atoms with Crippen LogP contribution < -0.4 is 0 Å². The molecular formula is C16H22O3. The molecule has 0 amide bonds. The second-order valence-electron chi connectivity index (χ2n) is 6.44. The average Bonchev–Trinajstić information content (AvgIpc) is 2.57. The van der Waals surface area contributed by atoms with Crippen LogP contribution in [0, 0.1) is 17.3 Å². The molecule has 0 aromatic heterocycles. The predicted octanol–water partition coefficient (Wildman–Crippen LogP) is 2.60. The molecule has 1 N–H and O–H groups in total. The standard InChI is InChI=1S/C16H22O3/c1-10-13(17)9-16(11(2)19-15(10,16)3)14(18)12-7-5-4-6-8-12/h5,7,10,12,14,18H,2,4,6,8-9H2,1,3H3/t10-,12+,14-,15-,16-/m0/s1. The Morgan fingerprint density at radius 1 is 1.58 bits per heavy atom. The van der Waals surface area contributed by atoms with E-state index in [-0.39, 0.29) is 17.6 Å². The summed E-state index contributed by atoms with van der Waals surface area (Å²) < 4.78 is 5.75. The molecule has 1 heterocycles. The van der Waals surface area contributed by atoms with Gasteiger partial charge in [0.25, 0.3) is 0 Å². The van der Waals surface area contributed by atoms with E-state index in [0.29, 0.717) is 12.2 Å². The Kier molecular flexibility index (Phi) is 2.69. The van der Waals surface area contributed by atoms with E-state index in [9.17, 15) is 9.90 Å². The van der Waals surface area contributed by atoms with E-state index >= 15 is 0 Å². The van der Waals surface area contributed by atoms with Gasteiger partial charge in [0.1, 0.15) is 22.6 Å². The summed E-state index contributed by atoms with van der Waals surface area (Å²) in [6, 6.07) is 0. The van der Waals surface area contributed by atoms with E-state index in [4.69, 9.17) is 4.74 Å². The Labute approximate surface area is 114 Å². The molecule has 3 heteroatoms. The summed E-state index contributed by atoms with van der Waals surface area (Å²) in [6.45, 7) is 7.80. The molecule has 1 saturated heterocycles. The highest BCUT2D eigenvalue weighted by atomic mass is 16.5. The van der Waals surface area contributed by atoms with Crippen molar-refractivity contribution in [2.75, 3.05) is 0 Å². The number of carbonyl (C=O) groups excluding carboxylic acids is 1. The van der Waals surface area contributed by atoms with E-state index in [1.807, 2.05) is 13.8 Å². The van der Waals surface area contributed by atoms with Gasteiger partial charge in [-0.1, -0.05) is 25.7 Å². The zero-order valence-corrected chi connectivity index (χ0v) is 11.7. The van der Waals surface area contributed by atoms with E-state index in [1.54, 1.807) is 0 Å². The lowest BCUT2D eigenvalue weighted by Gasteiger charge is -2.59. The maximum absolute atomic E-state index is 12.1. The van der Waals surface area contributed by atoms with Gasteiger partial charge in [-0.15, -0.1) is 0 Å². The molecule has 3 nitrogen and oxygen atoms in total. The quantitative estimate of drug-likeness (QED) is 0.778. The highest BCUT2D eigenvalue weighted by molar-refractivity contribution is 5.87. The molecule has 0 unspecified atom stereocenters. The molecule has 0 aromatic rings. The Bertz CT molecular complexity index is 467. The molecule has 19 heavy (non-hydrogen) atoms. The summed E-state index contributed by atoms with van der Waals surface area (Å²) >= 11 is 0. The van der Waals surface area contributed by atoms with E-state index < -0.39 is 17.1 Å². The van der Waals surface area contributed by atoms with Crippen LogP contribution >= 0.6 is 0 Å². The maximum Gasteiger partial charge on any atom is 0.140 e. The molecule has 1 saturated carbocycles. The zero-order valence-electron chi connectivity index (χ0n) is 11.7. The number of ether oxygens (including phenoxy) is 1. The third-order valence-corrected chi connectivity index (χ3v) is 5.68. The second kappa shape index (κ2) is 3.95. The van der Waals surface area contributed by atoms with Gasteiger partial charge in [-0.3, -0.25) is 4.79 Å². The number of allylic oxidation sites excluding steroid dienone is 1. The lowest BCUT2D eigenvalue weighted by Crippen LogP contribution is -2.65. The predicted molar refractivity (Wildman–Crippen MR) is 72.3 cm³/mol. The third-order valence-electron chi connectivity index (χ3n) is 5.68. The Morgan fingerprint density at radius 3 is 2.84 bits per heavy atom. The van der Waals surface area contributed by atoms with E-state index in [1.165, 1.54) is 0 Å². The zero-order chi connectivity index (χ0) is 13.8. The van der Waals surface area contributed by atoms with Crippen LogP contribution in [0.25, 0.3) is 0 Å². The number of carbonyl (C=O) groups is 1. The largest absolute Gasteiger partial charge is 0.490 e. The van der Waals surface area contributed by atoms with Gasteiger partial charge in [0, 0.05) is 12.3 Å². The molecule has 104 valence electrons. The molecule has 0 aromatic carbocycles. The molecule has 3 aliphatic rings. The van der Waals surface area contributed by atoms with E-state index in [0.717, 1.165) is 19.3 Å². The van der Waals surface area contributed by atoms with E-state index in [2.05, 4.69) is 18.7 Å². The number of ketones is 1. The molecule has 1 aliphatic heterocycles. The first kappa shape index (κ1) is 12.9. The van der Waals surface area contributed by atoms with Crippen molar-refractivity contribution in [2.45, 2.75) is 51.2 Å². The Morgan fingerprint density at radius 2 is 2.32 bits per heavy atom. The summed E-state index contributed by atoms with van der Waals surface area (Å²) in [5.74, 6) is 0.728. The summed E-state index contributed by atoms with van der Waals surface area (Å²) in [6.07, 6.45) is 7.20. The van der Waals surface area contributed by atoms with Gasteiger partial charge < -0.3 is 9.84 Å². The molecule has 0 radical (unpaired) electrons. The second-order valence-corrected chi connectivity index (χ2v) is 6.44. The van der Waals surface area contributed by atoms with Crippen molar-refractivity contribution in [3.8, 4) is 0 Å². The summed E-state index contributed by atoms with van der Waals surface area (Å²) in [5.41, 5.74) is -1.15. The third kappa shape index (κ3) is 1.40. The van der Waals surface area contributed by atoms with Crippen LogP contribution in [0.1, 0.15) is 39.5 Å². The van der Waals surface area contributed by atoms with Crippen molar-refractivity contribution in [1.29, 1.82) is 0 Å². The average molecular weight is 262 g/mol. The first-order chi connectivity index (χ1) is 8.93. The van der Waals surface area contributed by atoms with Crippen LogP contribution in [0.4, 0.5) is 0 Å². The SMILES string of the molecule is C=C1O[C@@]2(C)[C@@H](C)C(=O)C[C@@]12[C@@H](O)[C@@H]1C=CCCC1. The van der Waals surface area contributed by atoms with Crippen molar-refractivity contribution in [3.63, 3.8) is 0 Å². The monoisotopic (exact) mass is 262 g/mol. The van der Waals surface area contributed by atoms with Crippen molar-refractivity contribution in [1.82, 2.24) is 0 Å². The van der Waals surface area contributed by atoms with Crippen LogP contribution in [0.3, 0.4) is 0 Å². The van der Waals surface area contributed by atoms with Gasteiger partial charge in [0.2, 0.25) is 0 Å². The molecular weight excluding hydrogens is 240 g/mol. The molecule has 2 fully saturated rings. The smallest absolute Gasteiger partial charge is 0.140 e. The van der Waals surface area contributed by atoms with Gasteiger partial charge in [-0.05, 0) is 26.2 Å². The minimum atomic E-state index is -0.578. The van der Waals surface area contributed by atoms with Gasteiger partial charge in [-0.25, -0.2) is 0 Å². The minimum absolute atomic E-state index is 0.117. The van der Waals surface area contributed by atoms with Crippen molar-refractivity contribution in [3.05, 3.63) is 24.5 Å². The topological polar surface area (TPSA) is 46.5 Å². The lowest BCUT2D eigenvalue weighted by molar-refractivity contribution is -0.240. The first-order valence-corrected chi connectivity index (χ1v) is 7.19. The number of aliphatic hydroxyl groups excluding tert-OH is 1. The first-order valence-electron chi connectivity index (χ1n) is 7.19. The number of hydrogen-bond donors (Lipinski definition) is 1. The lowest BCUT2D eigenvalue weighted by atomic mass is 9.60. The summed E-state index contributed by atoms with van der Waals surface area (Å²) in [4.78, 5) is 12.1. The van der Waals surface area contributed by atoms with Crippen molar-refractivity contribution >= 4 is 5.78 Å². The van der Waals surface area contributed by atoms with Crippen LogP contribution in [0.2, 0.25) is 0 Å². The van der Waals surface area contributed by atoms with Gasteiger partial charge in [0.05, 0.1) is 12.0 Å². The molecule has 0 bridgehead atoms. The van der Waals surface area contributed by atoms with Crippen LogP contribution in [-0.2, 0) is 9.53 Å².